The Balaban J connectivity index is 2.04. The summed E-state index contributed by atoms with van der Waals surface area (Å²) in [6.45, 7) is 10.3. The second-order valence-corrected chi connectivity index (χ2v) is 14.3. The van der Waals surface area contributed by atoms with E-state index in [0.29, 0.717) is 24.8 Å². The van der Waals surface area contributed by atoms with Crippen LogP contribution in [0.15, 0.2) is 59.8 Å². The summed E-state index contributed by atoms with van der Waals surface area (Å²) in [5.41, 5.74) is 4.44. The predicted octanol–water partition coefficient (Wildman–Crippen LogP) is 2.69. The standard InChI is InChI=1S/C39H56N4O9/c1-7-24(4)33-17-10-8-9-16-32(46)26(6)35(47)29(19-18-25(5)44)36(48)41-34(23(2)3)37(49)40-31(22-27-13-11-14-28(45)21-27)38(50)43-20-12-15-30(42-43)39(51)52-33/h7-11,13-14,16,23,26,29-35,42,46-47H,12,15,17-22H2,1-6H3,(H,40,49)(H,41,48)/b10-8+,16-9+,24-7+/t26-,29+,30?,31-,32-,33-,34-,35+/m0/s1. The lowest BCUT2D eigenvalue weighted by Crippen LogP contribution is -2.62. The van der Waals surface area contributed by atoms with Crippen LogP contribution in [-0.2, 0) is 33.5 Å². The number of hydrogen-bond donors (Lipinski definition) is 5. The number of ketones is 2. The lowest BCUT2D eigenvalue weighted by Gasteiger charge is -2.36. The van der Waals surface area contributed by atoms with Crippen molar-refractivity contribution < 1.29 is 43.7 Å². The second-order valence-electron chi connectivity index (χ2n) is 14.3. The van der Waals surface area contributed by atoms with Crippen molar-refractivity contribution in [1.29, 1.82) is 0 Å². The van der Waals surface area contributed by atoms with Gasteiger partial charge in [0.1, 0.15) is 30.0 Å². The minimum atomic E-state index is -1.38. The van der Waals surface area contributed by atoms with E-state index in [0.717, 1.165) is 5.57 Å². The minimum absolute atomic E-state index is 0.00444. The summed E-state index contributed by atoms with van der Waals surface area (Å²) in [4.78, 5) is 79.5. The van der Waals surface area contributed by atoms with Crippen molar-refractivity contribution in [2.45, 2.75) is 123 Å². The molecule has 1 aliphatic carbocycles. The van der Waals surface area contributed by atoms with E-state index in [9.17, 15) is 39.0 Å². The Morgan fingerprint density at radius 2 is 1.79 bits per heavy atom. The molecule has 5 N–H and O–H groups in total. The number of hydrogen-bond acceptors (Lipinski definition) is 10. The fraction of sp³-hybridized carbons (Fsp3) is 0.590. The van der Waals surface area contributed by atoms with Crippen LogP contribution in [-0.4, -0.2) is 93.5 Å². The van der Waals surface area contributed by atoms with Gasteiger partial charge in [0.25, 0.3) is 5.91 Å². The zero-order chi connectivity index (χ0) is 38.5. The van der Waals surface area contributed by atoms with Crippen molar-refractivity contribution in [3.05, 3.63) is 59.8 Å². The number of allylic oxidation sites excluding steroid dienone is 6. The van der Waals surface area contributed by atoms with E-state index < -0.39 is 77.9 Å². The molecule has 2 heterocycles. The van der Waals surface area contributed by atoms with Crippen molar-refractivity contribution >= 4 is 35.3 Å². The van der Waals surface area contributed by atoms with Crippen LogP contribution in [0.4, 0.5) is 0 Å². The van der Waals surface area contributed by atoms with Gasteiger partial charge in [0, 0.05) is 31.7 Å². The molecule has 0 radical (unpaired) electrons. The Hall–Kier alpha value is -4.20. The third-order valence-corrected chi connectivity index (χ3v) is 9.84. The maximum absolute atomic E-state index is 14.1. The van der Waals surface area contributed by atoms with E-state index in [1.54, 1.807) is 51.2 Å². The molecule has 8 atom stereocenters. The lowest BCUT2D eigenvalue weighted by atomic mass is 9.84. The Morgan fingerprint density at radius 3 is 2.44 bits per heavy atom. The molecule has 3 aliphatic rings. The number of cyclic esters (lactones) is 1. The van der Waals surface area contributed by atoms with Gasteiger partial charge in [-0.15, -0.1) is 0 Å². The number of fused-ring (bicyclic) bond motifs is 2. The summed E-state index contributed by atoms with van der Waals surface area (Å²) in [5.74, 6) is -5.18. The first-order valence-corrected chi connectivity index (χ1v) is 18.2. The molecule has 2 bridgehead atoms. The summed E-state index contributed by atoms with van der Waals surface area (Å²) >= 11 is 0. The number of nitrogens with zero attached hydrogens (tertiary/aromatic N) is 1. The first-order valence-electron chi connectivity index (χ1n) is 18.2. The number of hydrazine groups is 1. The Bertz CT molecular complexity index is 1480. The highest BCUT2D eigenvalue weighted by atomic mass is 16.5. The van der Waals surface area contributed by atoms with Crippen LogP contribution in [0.2, 0.25) is 0 Å². The smallest absolute Gasteiger partial charge is 0.325 e. The molecule has 0 saturated carbocycles. The molecule has 2 aliphatic heterocycles. The van der Waals surface area contributed by atoms with E-state index in [1.165, 1.54) is 24.1 Å². The molecule has 52 heavy (non-hydrogen) atoms. The van der Waals surface area contributed by atoms with Crippen molar-refractivity contribution in [1.82, 2.24) is 21.1 Å². The number of nitrogens with one attached hydrogen (secondary N) is 3. The number of aliphatic hydroxyl groups is 2. The van der Waals surface area contributed by atoms with Crippen molar-refractivity contribution in [2.24, 2.45) is 17.8 Å². The average Bonchev–Trinajstić information content (AvgIpc) is 3.11. The van der Waals surface area contributed by atoms with Crippen LogP contribution in [0.5, 0.6) is 0 Å². The first-order chi connectivity index (χ1) is 24.6. The molecule has 0 aromatic rings. The molecule has 13 nitrogen and oxygen atoms in total. The van der Waals surface area contributed by atoms with Gasteiger partial charge >= 0.3 is 5.97 Å². The molecule has 1 unspecified atom stereocenters. The largest absolute Gasteiger partial charge is 0.456 e. The number of Topliss-reactive ketones (excluding diaryl/α,β-unsaturated/α-hetero) is 1. The Morgan fingerprint density at radius 1 is 1.06 bits per heavy atom. The maximum Gasteiger partial charge on any atom is 0.325 e. The second kappa shape index (κ2) is 20.1. The van der Waals surface area contributed by atoms with Crippen LogP contribution in [0.1, 0.15) is 86.5 Å². The van der Waals surface area contributed by atoms with E-state index in [2.05, 4.69) is 16.1 Å². The molecule has 3 amide bonds. The topological polar surface area (TPSA) is 191 Å². The molecular weight excluding hydrogens is 668 g/mol. The third-order valence-electron chi connectivity index (χ3n) is 9.84. The summed E-state index contributed by atoms with van der Waals surface area (Å²) in [6.07, 6.45) is 11.3. The van der Waals surface area contributed by atoms with Gasteiger partial charge in [-0.05, 0) is 64.0 Å². The molecule has 0 spiro atoms. The molecular formula is C39H56N4O9. The van der Waals surface area contributed by atoms with Gasteiger partial charge in [-0.1, -0.05) is 68.9 Å². The lowest BCUT2D eigenvalue weighted by molar-refractivity contribution is -0.156. The molecule has 0 aromatic carbocycles. The van der Waals surface area contributed by atoms with Crippen molar-refractivity contribution in [3.63, 3.8) is 0 Å². The van der Waals surface area contributed by atoms with Crippen LogP contribution >= 0.6 is 0 Å². The van der Waals surface area contributed by atoms with Gasteiger partial charge in [-0.2, -0.15) is 0 Å². The Kier molecular flexibility index (Phi) is 16.4. The number of carbonyl (C=O) groups excluding carboxylic acids is 6. The fourth-order valence-corrected chi connectivity index (χ4v) is 6.35. The summed E-state index contributed by atoms with van der Waals surface area (Å²) < 4.78 is 5.91. The van der Waals surface area contributed by atoms with E-state index >= 15 is 0 Å². The van der Waals surface area contributed by atoms with E-state index in [-0.39, 0.29) is 43.8 Å². The van der Waals surface area contributed by atoms with E-state index in [1.807, 2.05) is 19.9 Å². The first kappa shape index (κ1) is 42.2. The van der Waals surface area contributed by atoms with Crippen LogP contribution < -0.4 is 16.1 Å². The number of amides is 3. The molecule has 0 aromatic heterocycles. The monoisotopic (exact) mass is 724 g/mol. The van der Waals surface area contributed by atoms with Gasteiger partial charge in [0.2, 0.25) is 11.8 Å². The maximum atomic E-state index is 14.1. The van der Waals surface area contributed by atoms with Crippen LogP contribution in [0.3, 0.4) is 0 Å². The van der Waals surface area contributed by atoms with Gasteiger partial charge in [-0.25, -0.2) is 5.43 Å². The highest BCUT2D eigenvalue weighted by molar-refractivity contribution is 5.95. The quantitative estimate of drug-likeness (QED) is 0.193. The van der Waals surface area contributed by atoms with Gasteiger partial charge in [0.05, 0.1) is 18.1 Å². The summed E-state index contributed by atoms with van der Waals surface area (Å²) in [7, 11) is 0. The minimum Gasteiger partial charge on any atom is -0.456 e. The average molecular weight is 725 g/mol. The highest BCUT2D eigenvalue weighted by Crippen LogP contribution is 2.24. The molecule has 1 fully saturated rings. The summed E-state index contributed by atoms with van der Waals surface area (Å²) in [6, 6.07) is -3.15. The number of carbonyl (C=O) groups is 6. The van der Waals surface area contributed by atoms with Crippen LogP contribution in [0.25, 0.3) is 0 Å². The Labute approximate surface area is 306 Å². The van der Waals surface area contributed by atoms with Crippen LogP contribution in [0, 0.1) is 17.8 Å². The number of ether oxygens (including phenoxy) is 1. The molecule has 3 rings (SSSR count). The fourth-order valence-electron chi connectivity index (χ4n) is 6.35. The predicted molar refractivity (Wildman–Crippen MR) is 195 cm³/mol. The number of aliphatic hydroxyl groups excluding tert-OH is 2. The zero-order valence-electron chi connectivity index (χ0n) is 31.2. The van der Waals surface area contributed by atoms with Gasteiger partial charge in [-0.3, -0.25) is 29.0 Å². The number of esters is 1. The van der Waals surface area contributed by atoms with Gasteiger partial charge in [0.15, 0.2) is 5.78 Å². The van der Waals surface area contributed by atoms with Crippen molar-refractivity contribution in [2.75, 3.05) is 6.54 Å². The third kappa shape index (κ3) is 12.2. The number of rotatable bonds is 7. The molecule has 13 heteroatoms. The van der Waals surface area contributed by atoms with Crippen molar-refractivity contribution in [3.8, 4) is 0 Å². The van der Waals surface area contributed by atoms with E-state index in [4.69, 9.17) is 4.74 Å². The van der Waals surface area contributed by atoms with Gasteiger partial charge < -0.3 is 30.4 Å². The SMILES string of the molecule is C/C=C(\C)[C@@H]1C/C=C/C=C/[C@H](O)[C@H](C)[C@@H](O)[C@@H](CCC(C)=O)C(=O)N[C@@H](C(C)C)C(=O)N[C@@H](CC2=CC=CC(=O)C2)C(=O)N2CCCC(N2)C(=O)O1. The molecule has 1 saturated heterocycles. The molecule has 286 valence electrons. The highest BCUT2D eigenvalue weighted by Gasteiger charge is 2.39. The summed E-state index contributed by atoms with van der Waals surface area (Å²) in [5, 5.41) is 29.2. The zero-order valence-corrected chi connectivity index (χ0v) is 31.2. The normalized spacial score (nSPS) is 31.8.